The quantitative estimate of drug-likeness (QED) is 0.425. The summed E-state index contributed by atoms with van der Waals surface area (Å²) in [4.78, 5) is 2.33. The van der Waals surface area contributed by atoms with Gasteiger partial charge in [0.2, 0.25) is 0 Å². The highest BCUT2D eigenvalue weighted by molar-refractivity contribution is 5.68. The predicted molar refractivity (Wildman–Crippen MR) is 127 cm³/mol. The molecule has 0 fully saturated rings. The molecule has 0 unspecified atom stereocenters. The van der Waals surface area contributed by atoms with E-state index in [1.54, 1.807) is 18.2 Å². The van der Waals surface area contributed by atoms with Gasteiger partial charge in [-0.2, -0.15) is 18.4 Å². The maximum atomic E-state index is 12.4. The molecule has 0 bridgehead atoms. The molecule has 2 aromatic rings. The molecule has 0 saturated heterocycles. The second-order valence-electron chi connectivity index (χ2n) is 8.61. The summed E-state index contributed by atoms with van der Waals surface area (Å²) < 4.78 is 47.8. The highest BCUT2D eigenvalue weighted by Crippen LogP contribution is 2.33. The van der Waals surface area contributed by atoms with Gasteiger partial charge in [-0.15, -0.1) is 0 Å². The van der Waals surface area contributed by atoms with Crippen LogP contribution in [0.15, 0.2) is 36.4 Å². The van der Waals surface area contributed by atoms with Gasteiger partial charge >= 0.3 is 6.18 Å². The van der Waals surface area contributed by atoms with Crippen LogP contribution in [0.1, 0.15) is 43.4 Å². The van der Waals surface area contributed by atoms with Gasteiger partial charge in [-0.1, -0.05) is 31.5 Å². The van der Waals surface area contributed by atoms with Gasteiger partial charge in [0.1, 0.15) is 12.7 Å². The first-order chi connectivity index (χ1) is 16.3. The molecule has 1 N–H and O–H groups in total. The standard InChI is InChI=1S/C26H32F3N3O2/c1-3-4-11-32-12-9-21-15-20(16-22(17-30)25(21)32)14-19(2)31-10-13-33-23-7-5-6-8-24(23)34-18-26(27,28)29/h5-8,15-16,19,31H,3-4,9-14,18H2,1-2H3/t19-/m1/s1. The van der Waals surface area contributed by atoms with Crippen LogP contribution < -0.4 is 19.7 Å². The molecule has 34 heavy (non-hydrogen) atoms. The Morgan fingerprint density at radius 2 is 1.91 bits per heavy atom. The highest BCUT2D eigenvalue weighted by atomic mass is 19.4. The Morgan fingerprint density at radius 1 is 1.18 bits per heavy atom. The summed E-state index contributed by atoms with van der Waals surface area (Å²) >= 11 is 0. The summed E-state index contributed by atoms with van der Waals surface area (Å²) in [6, 6.07) is 13.1. The first-order valence-electron chi connectivity index (χ1n) is 11.8. The van der Waals surface area contributed by atoms with E-state index in [1.807, 2.05) is 6.07 Å². The molecule has 1 heterocycles. The number of unbranched alkanes of at least 4 members (excludes halogenated alkanes) is 1. The number of anilines is 1. The number of fused-ring (bicyclic) bond motifs is 1. The maximum absolute atomic E-state index is 12.4. The molecule has 0 aromatic heterocycles. The molecule has 0 saturated carbocycles. The molecule has 1 aliphatic heterocycles. The number of ether oxygens (including phenoxy) is 2. The van der Waals surface area contributed by atoms with Crippen LogP contribution in [0, 0.1) is 11.3 Å². The number of hydrogen-bond acceptors (Lipinski definition) is 5. The van der Waals surface area contributed by atoms with Crippen LogP contribution in [-0.4, -0.2) is 45.1 Å². The Labute approximate surface area is 199 Å². The predicted octanol–water partition coefficient (Wildman–Crippen LogP) is 5.26. The monoisotopic (exact) mass is 475 g/mol. The normalized spacial score (nSPS) is 13.9. The van der Waals surface area contributed by atoms with Crippen molar-refractivity contribution in [2.45, 2.75) is 51.7 Å². The van der Waals surface area contributed by atoms with Crippen molar-refractivity contribution in [1.29, 1.82) is 5.26 Å². The Balaban J connectivity index is 1.50. The van der Waals surface area contributed by atoms with Crippen LogP contribution in [0.5, 0.6) is 11.5 Å². The molecule has 0 spiro atoms. The first-order valence-corrected chi connectivity index (χ1v) is 11.8. The number of nitrogens with zero attached hydrogens (tertiary/aromatic N) is 2. The van der Waals surface area contributed by atoms with Crippen LogP contribution in [0.25, 0.3) is 0 Å². The fourth-order valence-electron chi connectivity index (χ4n) is 4.21. The maximum Gasteiger partial charge on any atom is 0.422 e. The molecule has 1 aliphatic rings. The van der Waals surface area contributed by atoms with Gasteiger partial charge in [0.05, 0.1) is 11.3 Å². The minimum atomic E-state index is -4.40. The van der Waals surface area contributed by atoms with Crippen molar-refractivity contribution in [3.63, 3.8) is 0 Å². The minimum absolute atomic E-state index is 0.0722. The third-order valence-electron chi connectivity index (χ3n) is 5.75. The molecule has 8 heteroatoms. The summed E-state index contributed by atoms with van der Waals surface area (Å²) in [5, 5.41) is 13.1. The van der Waals surface area contributed by atoms with E-state index in [0.29, 0.717) is 6.54 Å². The fourth-order valence-corrected chi connectivity index (χ4v) is 4.21. The summed E-state index contributed by atoms with van der Waals surface area (Å²) in [6.45, 7) is 5.64. The Morgan fingerprint density at radius 3 is 2.59 bits per heavy atom. The van der Waals surface area contributed by atoms with Crippen molar-refractivity contribution in [2.75, 3.05) is 37.7 Å². The van der Waals surface area contributed by atoms with Crippen LogP contribution in [-0.2, 0) is 12.8 Å². The van der Waals surface area contributed by atoms with E-state index in [2.05, 4.69) is 36.2 Å². The molecule has 184 valence electrons. The molecule has 0 radical (unpaired) electrons. The van der Waals surface area contributed by atoms with E-state index >= 15 is 0 Å². The van der Waals surface area contributed by atoms with Crippen molar-refractivity contribution in [1.82, 2.24) is 5.32 Å². The molecular formula is C26H32F3N3O2. The van der Waals surface area contributed by atoms with Gasteiger partial charge in [-0.05, 0) is 55.5 Å². The summed E-state index contributed by atoms with van der Waals surface area (Å²) in [5.41, 5.74) is 4.21. The van der Waals surface area contributed by atoms with Crippen LogP contribution in [0.4, 0.5) is 18.9 Å². The largest absolute Gasteiger partial charge is 0.488 e. The zero-order valence-corrected chi connectivity index (χ0v) is 19.8. The molecule has 2 aromatic carbocycles. The number of rotatable bonds is 12. The Bertz CT molecular complexity index is 988. The van der Waals surface area contributed by atoms with Gasteiger partial charge in [0.15, 0.2) is 18.1 Å². The molecule has 0 amide bonds. The molecule has 1 atom stereocenters. The summed E-state index contributed by atoms with van der Waals surface area (Å²) in [6.07, 6.45) is -0.422. The van der Waals surface area contributed by atoms with E-state index in [1.165, 1.54) is 11.6 Å². The lowest BCUT2D eigenvalue weighted by atomic mass is 9.99. The van der Waals surface area contributed by atoms with E-state index in [4.69, 9.17) is 9.47 Å². The number of para-hydroxylation sites is 2. The van der Waals surface area contributed by atoms with E-state index in [0.717, 1.165) is 55.6 Å². The zero-order chi connectivity index (χ0) is 24.6. The smallest absolute Gasteiger partial charge is 0.422 e. The van der Waals surface area contributed by atoms with E-state index in [-0.39, 0.29) is 24.1 Å². The average Bonchev–Trinajstić information content (AvgIpc) is 3.21. The number of nitrogens with one attached hydrogen (secondary N) is 1. The third-order valence-corrected chi connectivity index (χ3v) is 5.75. The van der Waals surface area contributed by atoms with Crippen LogP contribution in [0.2, 0.25) is 0 Å². The van der Waals surface area contributed by atoms with E-state index < -0.39 is 12.8 Å². The Hall–Kier alpha value is -2.92. The number of nitriles is 1. The van der Waals surface area contributed by atoms with Gasteiger partial charge in [-0.3, -0.25) is 0 Å². The second-order valence-corrected chi connectivity index (χ2v) is 8.61. The highest BCUT2D eigenvalue weighted by Gasteiger charge is 2.29. The SMILES string of the molecule is CCCCN1CCc2cc(C[C@@H](C)NCCOc3ccccc3OCC(F)(F)F)cc(C#N)c21. The van der Waals surface area contributed by atoms with Gasteiger partial charge < -0.3 is 19.7 Å². The Kier molecular flexibility index (Phi) is 9.05. The molecular weight excluding hydrogens is 443 g/mol. The number of benzene rings is 2. The fraction of sp³-hybridized carbons (Fsp3) is 0.500. The summed E-state index contributed by atoms with van der Waals surface area (Å²) in [5.74, 6) is 0.356. The van der Waals surface area contributed by atoms with Gasteiger partial charge in [0, 0.05) is 25.7 Å². The third kappa shape index (κ3) is 7.29. The lowest BCUT2D eigenvalue weighted by molar-refractivity contribution is -0.153. The number of hydrogen-bond donors (Lipinski definition) is 1. The lowest BCUT2D eigenvalue weighted by Gasteiger charge is -2.21. The van der Waals surface area contributed by atoms with Crippen molar-refractivity contribution in [3.8, 4) is 17.6 Å². The van der Waals surface area contributed by atoms with Crippen molar-refractivity contribution >= 4 is 5.69 Å². The topological polar surface area (TPSA) is 57.5 Å². The molecule has 0 aliphatic carbocycles. The van der Waals surface area contributed by atoms with Crippen molar-refractivity contribution < 1.29 is 22.6 Å². The lowest BCUT2D eigenvalue weighted by Crippen LogP contribution is -2.32. The minimum Gasteiger partial charge on any atom is -0.488 e. The van der Waals surface area contributed by atoms with Gasteiger partial charge in [-0.25, -0.2) is 0 Å². The summed E-state index contributed by atoms with van der Waals surface area (Å²) in [7, 11) is 0. The van der Waals surface area contributed by atoms with Crippen LogP contribution >= 0.6 is 0 Å². The second kappa shape index (κ2) is 12.0. The first kappa shape index (κ1) is 25.7. The van der Waals surface area contributed by atoms with Crippen molar-refractivity contribution in [2.24, 2.45) is 0 Å². The van der Waals surface area contributed by atoms with Crippen molar-refractivity contribution in [3.05, 3.63) is 53.1 Å². The molecule has 3 rings (SSSR count). The van der Waals surface area contributed by atoms with Gasteiger partial charge in [0.25, 0.3) is 0 Å². The number of alkyl halides is 3. The van der Waals surface area contributed by atoms with E-state index in [9.17, 15) is 18.4 Å². The van der Waals surface area contributed by atoms with Crippen LogP contribution in [0.3, 0.4) is 0 Å². The molecule has 5 nitrogen and oxygen atoms in total. The zero-order valence-electron chi connectivity index (χ0n) is 19.8. The average molecular weight is 476 g/mol. The number of halogens is 3.